The summed E-state index contributed by atoms with van der Waals surface area (Å²) in [5.41, 5.74) is 3.45. The summed E-state index contributed by atoms with van der Waals surface area (Å²) in [5.74, 6) is -0.479. The zero-order chi connectivity index (χ0) is 30.9. The molecule has 10 nitrogen and oxygen atoms in total. The van der Waals surface area contributed by atoms with Gasteiger partial charge in [0.05, 0.1) is 36.5 Å². The molecule has 0 bridgehead atoms. The number of carbonyl (C=O) groups is 3. The van der Waals surface area contributed by atoms with Gasteiger partial charge in [0.25, 0.3) is 5.91 Å². The third-order valence-electron chi connectivity index (χ3n) is 7.92. The number of rotatable bonds is 5. The van der Waals surface area contributed by atoms with E-state index in [1.165, 1.54) is 11.3 Å². The molecule has 43 heavy (non-hydrogen) atoms. The minimum atomic E-state index is -1.01. The van der Waals surface area contributed by atoms with Crippen molar-refractivity contribution in [2.75, 3.05) is 54.9 Å². The second kappa shape index (κ2) is 12.0. The van der Waals surface area contributed by atoms with Gasteiger partial charge in [0, 0.05) is 42.3 Å². The largest absolute Gasteiger partial charge is 0.378 e. The van der Waals surface area contributed by atoms with E-state index in [0.717, 1.165) is 40.5 Å². The molecule has 228 valence electrons. The topological polar surface area (TPSA) is 116 Å². The number of amides is 4. The van der Waals surface area contributed by atoms with Gasteiger partial charge in [-0.1, -0.05) is 32.9 Å². The normalized spacial score (nSPS) is 16.9. The summed E-state index contributed by atoms with van der Waals surface area (Å²) in [6, 6.07) is 11.3. The average molecular weight is 605 g/mol. The van der Waals surface area contributed by atoms with E-state index in [1.54, 1.807) is 18.7 Å². The molecule has 0 aliphatic carbocycles. The Morgan fingerprint density at radius 2 is 1.74 bits per heavy atom. The fraction of sp³-hybridized carbons (Fsp3) is 0.438. The van der Waals surface area contributed by atoms with Crippen molar-refractivity contribution in [3.63, 3.8) is 0 Å². The molecule has 2 aliphatic heterocycles. The molecule has 0 atom stereocenters. The summed E-state index contributed by atoms with van der Waals surface area (Å²) in [5, 5.41) is 8.72. The van der Waals surface area contributed by atoms with Gasteiger partial charge in [0.2, 0.25) is 5.91 Å². The van der Waals surface area contributed by atoms with Crippen LogP contribution < -0.4 is 20.9 Å². The molecule has 4 heterocycles. The number of ether oxygens (including phenoxy) is 1. The van der Waals surface area contributed by atoms with E-state index in [2.05, 4.69) is 52.7 Å². The summed E-state index contributed by atoms with van der Waals surface area (Å²) in [6.45, 7) is 15.5. The maximum Gasteiger partial charge on any atom is 0.323 e. The Morgan fingerprint density at radius 1 is 1.02 bits per heavy atom. The van der Waals surface area contributed by atoms with Gasteiger partial charge in [0.1, 0.15) is 10.4 Å². The number of hydrogen-bond acceptors (Lipinski definition) is 7. The van der Waals surface area contributed by atoms with Crippen molar-refractivity contribution < 1.29 is 19.1 Å². The van der Waals surface area contributed by atoms with Gasteiger partial charge in [-0.3, -0.25) is 14.6 Å². The number of hydrogen-bond donors (Lipinski definition) is 3. The van der Waals surface area contributed by atoms with Crippen LogP contribution in [0.2, 0.25) is 0 Å². The van der Waals surface area contributed by atoms with Gasteiger partial charge < -0.3 is 30.5 Å². The fourth-order valence-corrected chi connectivity index (χ4v) is 6.27. The molecule has 0 spiro atoms. The van der Waals surface area contributed by atoms with Crippen LogP contribution in [0.1, 0.15) is 54.7 Å². The first-order valence-corrected chi connectivity index (χ1v) is 15.4. The Morgan fingerprint density at radius 3 is 2.42 bits per heavy atom. The molecule has 3 aromatic rings. The number of benzene rings is 1. The van der Waals surface area contributed by atoms with Crippen molar-refractivity contribution in [1.82, 2.24) is 15.2 Å². The minimum Gasteiger partial charge on any atom is -0.378 e. The summed E-state index contributed by atoms with van der Waals surface area (Å²) in [7, 11) is 0. The van der Waals surface area contributed by atoms with Crippen molar-refractivity contribution in [2.45, 2.75) is 52.5 Å². The predicted molar refractivity (Wildman–Crippen MR) is 171 cm³/mol. The quantitative estimate of drug-likeness (QED) is 0.367. The molecular formula is C32H40N6O4S. The Balaban J connectivity index is 1.36. The van der Waals surface area contributed by atoms with Crippen molar-refractivity contribution >= 4 is 46.2 Å². The summed E-state index contributed by atoms with van der Waals surface area (Å²) in [6.07, 6.45) is 1.87. The first-order chi connectivity index (χ1) is 20.3. The van der Waals surface area contributed by atoms with Gasteiger partial charge in [-0.2, -0.15) is 0 Å². The van der Waals surface area contributed by atoms with E-state index in [0.29, 0.717) is 42.6 Å². The van der Waals surface area contributed by atoms with Crippen molar-refractivity contribution in [2.24, 2.45) is 0 Å². The van der Waals surface area contributed by atoms with Crippen molar-refractivity contribution in [3.8, 4) is 11.3 Å². The van der Waals surface area contributed by atoms with Crippen LogP contribution in [0.3, 0.4) is 0 Å². The molecule has 0 saturated carbocycles. The zero-order valence-electron chi connectivity index (χ0n) is 25.7. The van der Waals surface area contributed by atoms with Crippen LogP contribution in [0.5, 0.6) is 0 Å². The van der Waals surface area contributed by atoms with Crippen molar-refractivity contribution in [3.05, 3.63) is 57.9 Å². The molecule has 4 amide bonds. The lowest BCUT2D eigenvalue weighted by molar-refractivity contribution is -0.133. The molecule has 2 aliphatic rings. The fourth-order valence-electron chi connectivity index (χ4n) is 5.15. The molecule has 2 saturated heterocycles. The van der Waals surface area contributed by atoms with Crippen LogP contribution >= 0.6 is 11.3 Å². The maximum atomic E-state index is 13.8. The average Bonchev–Trinajstić information content (AvgIpc) is 3.40. The summed E-state index contributed by atoms with van der Waals surface area (Å²) >= 11 is 1.35. The summed E-state index contributed by atoms with van der Waals surface area (Å²) < 4.78 is 5.45. The van der Waals surface area contributed by atoms with Gasteiger partial charge in [-0.25, -0.2) is 4.79 Å². The van der Waals surface area contributed by atoms with Gasteiger partial charge in [-0.05, 0) is 56.0 Å². The third-order valence-corrected chi connectivity index (χ3v) is 9.46. The number of pyridine rings is 1. The van der Waals surface area contributed by atoms with Crippen LogP contribution in [0, 0.1) is 6.92 Å². The summed E-state index contributed by atoms with van der Waals surface area (Å²) in [4.78, 5) is 49.6. The van der Waals surface area contributed by atoms with Gasteiger partial charge in [0.15, 0.2) is 0 Å². The molecule has 0 unspecified atom stereocenters. The lowest BCUT2D eigenvalue weighted by atomic mass is 9.94. The van der Waals surface area contributed by atoms with E-state index >= 15 is 0 Å². The number of nitrogens with zero attached hydrogens (tertiary/aromatic N) is 3. The number of nitrogens with one attached hydrogen (secondary N) is 3. The number of urea groups is 1. The first-order valence-electron chi connectivity index (χ1n) is 14.6. The lowest BCUT2D eigenvalue weighted by Crippen LogP contribution is -2.63. The predicted octanol–water partition coefficient (Wildman–Crippen LogP) is 5.25. The number of aryl methyl sites for hydroxylation is 1. The molecule has 3 N–H and O–H groups in total. The Labute approximate surface area is 256 Å². The Hall–Kier alpha value is -3.96. The van der Waals surface area contributed by atoms with Crippen LogP contribution in [-0.4, -0.2) is 72.7 Å². The second-order valence-corrected chi connectivity index (χ2v) is 13.5. The highest BCUT2D eigenvalue weighted by Crippen LogP contribution is 2.37. The minimum absolute atomic E-state index is 0.201. The van der Waals surface area contributed by atoms with E-state index in [1.807, 2.05) is 43.5 Å². The third kappa shape index (κ3) is 6.52. The zero-order valence-corrected chi connectivity index (χ0v) is 26.5. The van der Waals surface area contributed by atoms with E-state index in [-0.39, 0.29) is 17.2 Å². The lowest BCUT2D eigenvalue weighted by Gasteiger charge is -2.41. The van der Waals surface area contributed by atoms with E-state index in [9.17, 15) is 14.4 Å². The molecular weight excluding hydrogens is 564 g/mol. The first kappa shape index (κ1) is 30.5. The molecule has 1 aromatic carbocycles. The van der Waals surface area contributed by atoms with E-state index in [4.69, 9.17) is 4.74 Å². The SMILES string of the molecule is Cc1ccc(-c2ccc(N3CCOCC3)cn2)cc1NC(=O)Nc1cc(C(C)(C)C)sc1C(=O)N1CCNC(=O)C1(C)C. The standard InChI is InChI=1S/C32H40N6O4S/c1-20-7-8-21(23-10-9-22(19-34-23)37-13-15-42-16-14-37)17-24(20)35-30(41)36-25-18-26(31(2,3)4)43-27(25)28(39)38-12-11-33-29(40)32(38,5)6/h7-10,17-19H,11-16H2,1-6H3,(H,33,40)(H2,35,36,41). The highest BCUT2D eigenvalue weighted by molar-refractivity contribution is 7.14. The molecule has 0 radical (unpaired) electrons. The molecule has 2 aromatic heterocycles. The van der Waals surface area contributed by atoms with Crippen LogP contribution in [0.4, 0.5) is 21.9 Å². The maximum absolute atomic E-state index is 13.8. The van der Waals surface area contributed by atoms with Crippen LogP contribution in [0.15, 0.2) is 42.6 Å². The highest BCUT2D eigenvalue weighted by atomic mass is 32.1. The molecule has 11 heteroatoms. The Bertz CT molecular complexity index is 1520. The number of morpholine rings is 1. The van der Waals surface area contributed by atoms with Gasteiger partial charge in [-0.15, -0.1) is 11.3 Å². The number of aromatic nitrogens is 1. The Kier molecular flexibility index (Phi) is 8.49. The van der Waals surface area contributed by atoms with Gasteiger partial charge >= 0.3 is 6.03 Å². The number of piperazine rings is 1. The van der Waals surface area contributed by atoms with Crippen LogP contribution in [0.25, 0.3) is 11.3 Å². The van der Waals surface area contributed by atoms with Crippen LogP contribution in [-0.2, 0) is 14.9 Å². The van der Waals surface area contributed by atoms with E-state index < -0.39 is 11.6 Å². The monoisotopic (exact) mass is 604 g/mol. The smallest absolute Gasteiger partial charge is 0.323 e. The second-order valence-electron chi connectivity index (χ2n) is 12.5. The number of carbonyl (C=O) groups excluding carboxylic acids is 3. The van der Waals surface area contributed by atoms with Crippen molar-refractivity contribution in [1.29, 1.82) is 0 Å². The molecule has 2 fully saturated rings. The number of anilines is 3. The number of thiophene rings is 1. The highest BCUT2D eigenvalue weighted by Gasteiger charge is 2.42. The molecule has 5 rings (SSSR count).